The van der Waals surface area contributed by atoms with Crippen molar-refractivity contribution in [3.05, 3.63) is 59.2 Å². The normalized spacial score (nSPS) is 13.1. The molecular weight excluding hydrogens is 332 g/mol. The van der Waals surface area contributed by atoms with E-state index in [1.165, 1.54) is 30.4 Å². The molecule has 4 N–H and O–H groups in total. The molecule has 0 aliphatic heterocycles. The van der Waals surface area contributed by atoms with Crippen LogP contribution < -0.4 is 10.6 Å². The number of aryl methyl sites for hydroxylation is 1. The highest BCUT2D eigenvalue weighted by Crippen LogP contribution is 2.27. The third-order valence-corrected chi connectivity index (χ3v) is 4.15. The summed E-state index contributed by atoms with van der Waals surface area (Å²) in [6.07, 6.45) is -0.594. The molecule has 2 aromatic carbocycles. The van der Waals surface area contributed by atoms with E-state index in [9.17, 15) is 15.0 Å². The number of methoxy groups -OCH3 is 1. The number of aliphatic hydroxyl groups excluding tert-OH is 1. The molecule has 2 aromatic rings. The van der Waals surface area contributed by atoms with Crippen LogP contribution >= 0.6 is 0 Å². The Kier molecular flexibility index (Phi) is 7.00. The zero-order valence-corrected chi connectivity index (χ0v) is 15.3. The minimum atomic E-state index is -0.769. The van der Waals surface area contributed by atoms with Gasteiger partial charge in [0, 0.05) is 12.6 Å². The number of nitrogens with one attached hydrogen (secondary N) is 2. The predicted molar refractivity (Wildman–Crippen MR) is 101 cm³/mol. The highest BCUT2D eigenvalue weighted by Gasteiger charge is 2.13. The molecule has 26 heavy (non-hydrogen) atoms. The van der Waals surface area contributed by atoms with Gasteiger partial charge in [0.2, 0.25) is 0 Å². The number of benzene rings is 2. The second kappa shape index (κ2) is 9.22. The summed E-state index contributed by atoms with van der Waals surface area (Å²) in [5.74, 6) is -0.0907. The Labute approximate surface area is 153 Å². The van der Waals surface area contributed by atoms with E-state index < -0.39 is 12.2 Å². The van der Waals surface area contributed by atoms with Crippen molar-refractivity contribution >= 4 is 11.8 Å². The second-order valence-electron chi connectivity index (χ2n) is 6.41. The van der Waals surface area contributed by atoms with Crippen molar-refractivity contribution in [2.45, 2.75) is 32.4 Å². The lowest BCUT2D eigenvalue weighted by molar-refractivity contribution is 0.170. The molecule has 6 heteroatoms. The van der Waals surface area contributed by atoms with Gasteiger partial charge in [-0.05, 0) is 43.5 Å². The van der Waals surface area contributed by atoms with Crippen LogP contribution in [0.2, 0.25) is 0 Å². The molecule has 2 atom stereocenters. The molecular formula is C20H26N2O4. The summed E-state index contributed by atoms with van der Waals surface area (Å²) >= 11 is 0. The quantitative estimate of drug-likeness (QED) is 0.571. The number of aromatic hydroxyl groups is 1. The fourth-order valence-corrected chi connectivity index (χ4v) is 2.60. The Morgan fingerprint density at radius 1 is 1.19 bits per heavy atom. The van der Waals surface area contributed by atoms with Gasteiger partial charge in [0.15, 0.2) is 0 Å². The Morgan fingerprint density at radius 3 is 2.54 bits per heavy atom. The van der Waals surface area contributed by atoms with E-state index >= 15 is 0 Å². The maximum atomic E-state index is 11.3. The molecule has 2 rings (SSSR count). The van der Waals surface area contributed by atoms with Crippen molar-refractivity contribution in [3.8, 4) is 5.75 Å². The molecule has 0 heterocycles. The number of phenolic OH excluding ortho intramolecular Hbond substituents is 1. The molecule has 0 fully saturated rings. The SMILES string of the molecule is COC(=O)Nc1cc([C@H](O)CN[C@H](C)Cc2ccc(C)cc2)ccc1O. The van der Waals surface area contributed by atoms with E-state index in [0.29, 0.717) is 12.1 Å². The Bertz CT molecular complexity index is 731. The zero-order valence-electron chi connectivity index (χ0n) is 15.3. The zero-order chi connectivity index (χ0) is 19.1. The monoisotopic (exact) mass is 358 g/mol. The fourth-order valence-electron chi connectivity index (χ4n) is 2.60. The number of carbonyl (C=O) groups is 1. The van der Waals surface area contributed by atoms with Crippen LogP contribution in [0.25, 0.3) is 0 Å². The van der Waals surface area contributed by atoms with E-state index in [1.54, 1.807) is 6.07 Å². The summed E-state index contributed by atoms with van der Waals surface area (Å²) in [5.41, 5.74) is 3.25. The molecule has 0 saturated carbocycles. The molecule has 0 saturated heterocycles. The van der Waals surface area contributed by atoms with Gasteiger partial charge in [-0.15, -0.1) is 0 Å². The van der Waals surface area contributed by atoms with Crippen molar-refractivity contribution in [2.24, 2.45) is 0 Å². The number of ether oxygens (including phenoxy) is 1. The second-order valence-corrected chi connectivity index (χ2v) is 6.41. The van der Waals surface area contributed by atoms with Gasteiger partial charge in [-0.25, -0.2) is 4.79 Å². The summed E-state index contributed by atoms with van der Waals surface area (Å²) in [4.78, 5) is 11.3. The van der Waals surface area contributed by atoms with Crippen LogP contribution in [0.15, 0.2) is 42.5 Å². The molecule has 0 aliphatic rings. The number of rotatable bonds is 7. The summed E-state index contributed by atoms with van der Waals surface area (Å²) < 4.78 is 4.52. The molecule has 140 valence electrons. The number of hydrogen-bond donors (Lipinski definition) is 4. The fraction of sp³-hybridized carbons (Fsp3) is 0.350. The van der Waals surface area contributed by atoms with Gasteiger partial charge in [0.05, 0.1) is 18.9 Å². The summed E-state index contributed by atoms with van der Waals surface area (Å²) in [6, 6.07) is 13.2. The van der Waals surface area contributed by atoms with Gasteiger partial charge >= 0.3 is 6.09 Å². The smallest absolute Gasteiger partial charge is 0.411 e. The lowest BCUT2D eigenvalue weighted by atomic mass is 10.0. The van der Waals surface area contributed by atoms with Gasteiger partial charge < -0.3 is 20.3 Å². The third kappa shape index (κ3) is 5.75. The average Bonchev–Trinajstić information content (AvgIpc) is 2.63. The maximum Gasteiger partial charge on any atom is 0.411 e. The third-order valence-electron chi connectivity index (χ3n) is 4.15. The van der Waals surface area contributed by atoms with E-state index in [1.807, 2.05) is 0 Å². The van der Waals surface area contributed by atoms with Crippen LogP contribution in [-0.4, -0.2) is 36.0 Å². The number of amides is 1. The van der Waals surface area contributed by atoms with Crippen LogP contribution in [0.1, 0.15) is 29.7 Å². The van der Waals surface area contributed by atoms with Crippen LogP contribution in [0.4, 0.5) is 10.5 Å². The van der Waals surface area contributed by atoms with Crippen LogP contribution in [0.5, 0.6) is 5.75 Å². The van der Waals surface area contributed by atoms with Crippen molar-refractivity contribution in [3.63, 3.8) is 0 Å². The summed E-state index contributed by atoms with van der Waals surface area (Å²) in [6.45, 7) is 4.48. The van der Waals surface area contributed by atoms with E-state index in [2.05, 4.69) is 53.5 Å². The number of phenols is 1. The Hall–Kier alpha value is -2.57. The lowest BCUT2D eigenvalue weighted by Crippen LogP contribution is -2.32. The number of carbonyl (C=O) groups excluding carboxylic acids is 1. The average molecular weight is 358 g/mol. The van der Waals surface area contributed by atoms with E-state index in [-0.39, 0.29) is 17.5 Å². The molecule has 0 aromatic heterocycles. The van der Waals surface area contributed by atoms with E-state index in [4.69, 9.17) is 0 Å². The molecule has 0 bridgehead atoms. The van der Waals surface area contributed by atoms with Crippen LogP contribution in [0.3, 0.4) is 0 Å². The highest BCUT2D eigenvalue weighted by molar-refractivity contribution is 5.86. The van der Waals surface area contributed by atoms with Gasteiger partial charge in [0.1, 0.15) is 5.75 Å². The minimum absolute atomic E-state index is 0.0907. The minimum Gasteiger partial charge on any atom is -0.506 e. The molecule has 1 amide bonds. The summed E-state index contributed by atoms with van der Waals surface area (Å²) in [7, 11) is 1.24. The predicted octanol–water partition coefficient (Wildman–Crippen LogP) is 3.13. The summed E-state index contributed by atoms with van der Waals surface area (Å²) in [5, 5.41) is 25.9. The first-order valence-electron chi connectivity index (χ1n) is 8.54. The van der Waals surface area contributed by atoms with Crippen molar-refractivity contribution in [1.29, 1.82) is 0 Å². The van der Waals surface area contributed by atoms with Gasteiger partial charge in [-0.3, -0.25) is 5.32 Å². The number of aliphatic hydroxyl groups is 1. The maximum absolute atomic E-state index is 11.3. The molecule has 0 aliphatic carbocycles. The number of hydrogen-bond acceptors (Lipinski definition) is 5. The van der Waals surface area contributed by atoms with Crippen LogP contribution in [-0.2, 0) is 11.2 Å². The molecule has 0 unspecified atom stereocenters. The number of anilines is 1. The molecule has 0 radical (unpaired) electrons. The van der Waals surface area contributed by atoms with Gasteiger partial charge in [-0.1, -0.05) is 35.9 Å². The van der Waals surface area contributed by atoms with Gasteiger partial charge in [-0.2, -0.15) is 0 Å². The van der Waals surface area contributed by atoms with Crippen molar-refractivity contribution in [1.82, 2.24) is 5.32 Å². The highest BCUT2D eigenvalue weighted by atomic mass is 16.5. The van der Waals surface area contributed by atoms with Crippen molar-refractivity contribution < 1.29 is 19.7 Å². The largest absolute Gasteiger partial charge is 0.506 e. The topological polar surface area (TPSA) is 90.8 Å². The first-order valence-corrected chi connectivity index (χ1v) is 8.54. The van der Waals surface area contributed by atoms with Gasteiger partial charge in [0.25, 0.3) is 0 Å². The first-order chi connectivity index (χ1) is 12.4. The molecule has 6 nitrogen and oxygen atoms in total. The Balaban J connectivity index is 1.92. The standard InChI is InChI=1S/C20H26N2O4/c1-13-4-6-15(7-5-13)10-14(2)21-12-19(24)16-8-9-18(23)17(11-16)22-20(25)26-3/h4-9,11,14,19,21,23-24H,10,12H2,1-3H3,(H,22,25)/t14-,19-/m1/s1. The lowest BCUT2D eigenvalue weighted by Gasteiger charge is -2.18. The van der Waals surface area contributed by atoms with Crippen molar-refractivity contribution in [2.75, 3.05) is 19.0 Å². The Morgan fingerprint density at radius 2 is 1.88 bits per heavy atom. The van der Waals surface area contributed by atoms with Crippen LogP contribution in [0, 0.1) is 6.92 Å². The van der Waals surface area contributed by atoms with E-state index in [0.717, 1.165) is 6.42 Å². The first kappa shape index (κ1) is 19.8. The molecule has 0 spiro atoms.